The lowest BCUT2D eigenvalue weighted by atomic mass is 9.81. The van der Waals surface area contributed by atoms with Gasteiger partial charge in [-0.25, -0.2) is 4.99 Å². The predicted octanol–water partition coefficient (Wildman–Crippen LogP) is 2.66. The van der Waals surface area contributed by atoms with E-state index in [-0.39, 0.29) is 11.9 Å². The molecule has 0 saturated heterocycles. The van der Waals surface area contributed by atoms with Crippen molar-refractivity contribution in [2.75, 3.05) is 14.2 Å². The summed E-state index contributed by atoms with van der Waals surface area (Å²) in [5.74, 6) is 0.267. The fourth-order valence-electron chi connectivity index (χ4n) is 4.63. The summed E-state index contributed by atoms with van der Waals surface area (Å²) in [7, 11) is -1.22. The van der Waals surface area contributed by atoms with Gasteiger partial charge in [0, 0.05) is 18.8 Å². The van der Waals surface area contributed by atoms with Crippen LogP contribution >= 0.6 is 0 Å². The number of guanidine groups is 1. The monoisotopic (exact) mass is 492 g/mol. The van der Waals surface area contributed by atoms with Gasteiger partial charge in [-0.2, -0.15) is 8.42 Å². The molecule has 1 aromatic heterocycles. The molecule has 3 aromatic rings. The van der Waals surface area contributed by atoms with Crippen LogP contribution in [0, 0.1) is 0 Å². The highest BCUT2D eigenvalue weighted by Gasteiger charge is 2.56. The van der Waals surface area contributed by atoms with Gasteiger partial charge in [0.25, 0.3) is 16.0 Å². The Labute approximate surface area is 203 Å². The van der Waals surface area contributed by atoms with E-state index in [2.05, 4.69) is 9.98 Å². The molecule has 2 heterocycles. The molecular formula is C25H24N4O5S. The third-order valence-electron chi connectivity index (χ3n) is 6.81. The summed E-state index contributed by atoms with van der Waals surface area (Å²) in [6.07, 6.45) is 3.90. The molecule has 1 aliphatic heterocycles. The second-order valence-electron chi connectivity index (χ2n) is 8.79. The van der Waals surface area contributed by atoms with Gasteiger partial charge in [-0.15, -0.1) is 0 Å². The van der Waals surface area contributed by atoms with E-state index < -0.39 is 20.4 Å². The number of benzene rings is 2. The molecule has 2 aromatic carbocycles. The summed E-state index contributed by atoms with van der Waals surface area (Å²) in [4.78, 5) is 23.8. The zero-order valence-corrected chi connectivity index (χ0v) is 20.0. The highest BCUT2D eigenvalue weighted by atomic mass is 32.2. The van der Waals surface area contributed by atoms with Crippen molar-refractivity contribution < 1.29 is 22.5 Å². The van der Waals surface area contributed by atoms with Gasteiger partial charge in [0.05, 0.1) is 13.3 Å². The average Bonchev–Trinajstić information content (AvgIpc) is 3.65. The predicted molar refractivity (Wildman–Crippen MR) is 130 cm³/mol. The maximum Gasteiger partial charge on any atom is 0.274 e. The van der Waals surface area contributed by atoms with Crippen molar-refractivity contribution in [3.05, 3.63) is 83.7 Å². The number of ether oxygens (including phenoxy) is 1. The van der Waals surface area contributed by atoms with Gasteiger partial charge in [-0.1, -0.05) is 42.5 Å². The van der Waals surface area contributed by atoms with Crippen LogP contribution in [0.4, 0.5) is 0 Å². The van der Waals surface area contributed by atoms with Crippen molar-refractivity contribution in [3.8, 4) is 16.9 Å². The van der Waals surface area contributed by atoms with Crippen LogP contribution in [-0.4, -0.2) is 48.9 Å². The Morgan fingerprint density at radius 3 is 2.26 bits per heavy atom. The van der Waals surface area contributed by atoms with Crippen molar-refractivity contribution in [2.24, 2.45) is 10.7 Å². The van der Waals surface area contributed by atoms with E-state index in [1.165, 1.54) is 4.90 Å². The van der Waals surface area contributed by atoms with Crippen LogP contribution in [-0.2, 0) is 25.2 Å². The number of nitrogens with zero attached hydrogens (tertiary/aromatic N) is 3. The van der Waals surface area contributed by atoms with Crippen LogP contribution in [0.5, 0.6) is 5.75 Å². The number of pyridine rings is 1. The molecule has 1 unspecified atom stereocenters. The first kappa shape index (κ1) is 23.0. The van der Waals surface area contributed by atoms with Gasteiger partial charge in [0.2, 0.25) is 0 Å². The molecule has 9 nitrogen and oxygen atoms in total. The second kappa shape index (κ2) is 7.89. The molecule has 1 aliphatic carbocycles. The number of carbonyl (C=O) groups is 1. The van der Waals surface area contributed by atoms with Crippen molar-refractivity contribution in [2.45, 2.75) is 23.1 Å². The summed E-state index contributed by atoms with van der Waals surface area (Å²) in [6, 6.07) is 15.8. The van der Waals surface area contributed by atoms with E-state index in [1.807, 2.05) is 24.3 Å². The van der Waals surface area contributed by atoms with Crippen LogP contribution in [0.1, 0.15) is 29.5 Å². The van der Waals surface area contributed by atoms with E-state index in [9.17, 15) is 17.8 Å². The van der Waals surface area contributed by atoms with Gasteiger partial charge >= 0.3 is 0 Å². The number of methoxy groups -OCH3 is 1. The summed E-state index contributed by atoms with van der Waals surface area (Å²) in [6.45, 7) is 0. The molecule has 1 amide bonds. The molecule has 0 bridgehead atoms. The van der Waals surface area contributed by atoms with Gasteiger partial charge in [-0.3, -0.25) is 19.2 Å². The van der Waals surface area contributed by atoms with Crippen LogP contribution < -0.4 is 10.5 Å². The Bertz CT molecular complexity index is 1480. The number of likely N-dealkylation sites (N-methyl/N-ethyl adjacent to an activating group) is 1. The van der Waals surface area contributed by atoms with Crippen LogP contribution in [0.2, 0.25) is 0 Å². The first-order chi connectivity index (χ1) is 16.6. The first-order valence-corrected chi connectivity index (χ1v) is 12.4. The Morgan fingerprint density at radius 1 is 1.00 bits per heavy atom. The lowest BCUT2D eigenvalue weighted by Gasteiger charge is -2.27. The fourth-order valence-corrected chi connectivity index (χ4v) is 5.68. The zero-order chi connectivity index (χ0) is 25.0. The minimum Gasteiger partial charge on any atom is -0.495 e. The number of hydrogen-bond donors (Lipinski definition) is 2. The topological polar surface area (TPSA) is 135 Å². The van der Waals surface area contributed by atoms with Crippen molar-refractivity contribution >= 4 is 22.0 Å². The van der Waals surface area contributed by atoms with Gasteiger partial charge in [0.15, 0.2) is 11.5 Å². The number of amides is 1. The number of aromatic nitrogens is 1. The van der Waals surface area contributed by atoms with Crippen molar-refractivity contribution in [1.82, 2.24) is 9.88 Å². The number of nitrogens with two attached hydrogens (primary N) is 1. The van der Waals surface area contributed by atoms with E-state index >= 15 is 0 Å². The molecule has 0 spiro atoms. The lowest BCUT2D eigenvalue weighted by molar-refractivity contribution is -0.129. The van der Waals surface area contributed by atoms with E-state index in [1.54, 1.807) is 56.9 Å². The highest BCUT2D eigenvalue weighted by molar-refractivity contribution is 7.87. The maximum atomic E-state index is 13.7. The SMILES string of the molecule is COc1cncc(-c2cccc(C3(c4cccc(C5(S(=O)(=O)O)CC5)c4)N=C(N)N(C)C3=O)c2)c1. The highest BCUT2D eigenvalue weighted by Crippen LogP contribution is 2.53. The largest absolute Gasteiger partial charge is 0.495 e. The Morgan fingerprint density at radius 2 is 1.66 bits per heavy atom. The average molecular weight is 493 g/mol. The molecule has 3 N–H and O–H groups in total. The number of aliphatic imine (C=N–C) groups is 1. The molecule has 35 heavy (non-hydrogen) atoms. The molecular weight excluding hydrogens is 468 g/mol. The Kier molecular flexibility index (Phi) is 5.19. The van der Waals surface area contributed by atoms with Crippen molar-refractivity contribution in [1.29, 1.82) is 0 Å². The van der Waals surface area contributed by atoms with Gasteiger partial charge in [-0.05, 0) is 47.2 Å². The molecule has 0 radical (unpaired) electrons. The summed E-state index contributed by atoms with van der Waals surface area (Å²) >= 11 is 0. The first-order valence-electron chi connectivity index (χ1n) is 10.9. The minimum absolute atomic E-state index is 0.0461. The van der Waals surface area contributed by atoms with E-state index in [4.69, 9.17) is 10.5 Å². The molecule has 10 heteroatoms. The minimum atomic E-state index is -4.33. The molecule has 5 rings (SSSR count). The molecule has 1 fully saturated rings. The quantitative estimate of drug-likeness (QED) is 0.505. The van der Waals surface area contributed by atoms with Crippen LogP contribution in [0.3, 0.4) is 0 Å². The molecule has 2 aliphatic rings. The number of hydrogen-bond acceptors (Lipinski definition) is 7. The Hall–Kier alpha value is -3.76. The van der Waals surface area contributed by atoms with E-state index in [0.29, 0.717) is 35.3 Å². The Balaban J connectivity index is 1.70. The molecule has 180 valence electrons. The normalized spacial score (nSPS) is 21.1. The van der Waals surface area contributed by atoms with Crippen molar-refractivity contribution in [3.63, 3.8) is 0 Å². The summed E-state index contributed by atoms with van der Waals surface area (Å²) in [5, 5.41) is 0. The number of carbonyl (C=O) groups excluding carboxylic acids is 1. The standard InChI is InChI=1S/C25H24N4O5S/c1-29-22(30)25(28-23(29)26,20-8-4-6-18(13-20)24(9-10-24)35(31,32)33)19-7-3-5-16(11-19)17-12-21(34-2)15-27-14-17/h3-8,11-15H,9-10H2,1-2H3,(H2,26,28)(H,31,32,33). The van der Waals surface area contributed by atoms with Gasteiger partial charge in [0.1, 0.15) is 10.5 Å². The lowest BCUT2D eigenvalue weighted by Crippen LogP contribution is -2.41. The van der Waals surface area contributed by atoms with E-state index in [0.717, 1.165) is 11.1 Å². The second-order valence-corrected chi connectivity index (χ2v) is 10.5. The number of rotatable bonds is 6. The molecule has 1 atom stereocenters. The third-order valence-corrected chi connectivity index (χ3v) is 8.44. The zero-order valence-electron chi connectivity index (χ0n) is 19.2. The summed E-state index contributed by atoms with van der Waals surface area (Å²) in [5.41, 5.74) is 7.60. The molecule has 1 saturated carbocycles. The fraction of sp³-hybridized carbons (Fsp3) is 0.240. The third kappa shape index (κ3) is 3.48. The smallest absolute Gasteiger partial charge is 0.274 e. The maximum absolute atomic E-state index is 13.7. The van der Waals surface area contributed by atoms with Crippen LogP contribution in [0.25, 0.3) is 11.1 Å². The van der Waals surface area contributed by atoms with Crippen LogP contribution in [0.15, 0.2) is 72.0 Å². The van der Waals surface area contributed by atoms with Gasteiger partial charge < -0.3 is 10.5 Å². The summed E-state index contributed by atoms with van der Waals surface area (Å²) < 4.78 is 38.1.